The third kappa shape index (κ3) is 4.95. The topological polar surface area (TPSA) is 66.5 Å². The molecule has 0 aromatic heterocycles. The molecule has 2 rings (SSSR count). The Morgan fingerprint density at radius 1 is 1.23 bits per heavy atom. The van der Waals surface area contributed by atoms with E-state index >= 15 is 0 Å². The molecule has 0 saturated heterocycles. The van der Waals surface area contributed by atoms with Crippen molar-refractivity contribution in [2.24, 2.45) is 0 Å². The monoisotopic (exact) mass is 398 g/mol. The van der Waals surface area contributed by atoms with Crippen LogP contribution in [0.3, 0.4) is 0 Å². The Morgan fingerprint density at radius 3 is 2.62 bits per heavy atom. The summed E-state index contributed by atoms with van der Waals surface area (Å²) < 4.78 is 40.6. The van der Waals surface area contributed by atoms with Crippen LogP contribution in [0, 0.1) is 5.82 Å². The maximum absolute atomic E-state index is 13.2. The number of hydrogen-bond acceptors (Lipinski definition) is 3. The van der Waals surface area contributed by atoms with Gasteiger partial charge in [0.2, 0.25) is 0 Å². The number of nitrogens with zero attached hydrogens (tertiary/aromatic N) is 1. The molecule has 1 N–H and O–H groups in total. The molecule has 0 atom stereocenters. The Labute approximate surface area is 157 Å². The summed E-state index contributed by atoms with van der Waals surface area (Å²) in [5, 5.41) is -0.188. The lowest BCUT2D eigenvalue weighted by Crippen LogP contribution is -2.28. The zero-order valence-electron chi connectivity index (χ0n) is 14.5. The Balaban J connectivity index is 2.24. The molecule has 0 saturated carbocycles. The summed E-state index contributed by atoms with van der Waals surface area (Å²) in [7, 11) is -2.26. The average Bonchev–Trinajstić information content (AvgIpc) is 2.62. The van der Waals surface area contributed by atoms with E-state index < -0.39 is 15.8 Å². The summed E-state index contributed by atoms with van der Waals surface area (Å²) in [6.45, 7) is 2.62. The van der Waals surface area contributed by atoms with Gasteiger partial charge in [0.25, 0.3) is 15.9 Å². The Kier molecular flexibility index (Phi) is 6.61. The van der Waals surface area contributed by atoms with Crippen molar-refractivity contribution in [2.75, 3.05) is 18.3 Å². The summed E-state index contributed by atoms with van der Waals surface area (Å²) in [6, 6.07) is 9.30. The zero-order chi connectivity index (χ0) is 19.3. The smallest absolute Gasteiger partial charge is 0.261 e. The minimum atomic E-state index is -3.94. The van der Waals surface area contributed by atoms with Gasteiger partial charge >= 0.3 is 0 Å². The van der Waals surface area contributed by atoms with Crippen molar-refractivity contribution in [3.8, 4) is 0 Å². The molecular weight excluding hydrogens is 379 g/mol. The van der Waals surface area contributed by atoms with Crippen LogP contribution in [0.25, 0.3) is 0 Å². The highest BCUT2D eigenvalue weighted by molar-refractivity contribution is 7.92. The van der Waals surface area contributed by atoms with E-state index in [-0.39, 0.29) is 27.1 Å². The zero-order valence-corrected chi connectivity index (χ0v) is 16.1. The second-order valence-corrected chi connectivity index (χ2v) is 7.93. The summed E-state index contributed by atoms with van der Waals surface area (Å²) in [5.74, 6) is -0.891. The van der Waals surface area contributed by atoms with E-state index in [4.69, 9.17) is 11.6 Å². The van der Waals surface area contributed by atoms with Gasteiger partial charge in [0.15, 0.2) is 0 Å². The van der Waals surface area contributed by atoms with Crippen molar-refractivity contribution in [2.45, 2.75) is 24.7 Å². The summed E-state index contributed by atoms with van der Waals surface area (Å²) >= 11 is 5.67. The lowest BCUT2D eigenvalue weighted by Gasteiger charge is -2.17. The standard InChI is InChI=1S/C18H20ClFN2O3S/c1-3-4-10-22(2)18(23)13-6-5-7-15(11-13)26(24,25)21-14-8-9-17(20)16(19)12-14/h5-9,11-12,21H,3-4,10H2,1-2H3. The number of anilines is 1. The van der Waals surface area contributed by atoms with E-state index in [1.54, 1.807) is 18.0 Å². The summed E-state index contributed by atoms with van der Waals surface area (Å²) in [6.07, 6.45) is 1.82. The van der Waals surface area contributed by atoms with Gasteiger partial charge in [0, 0.05) is 19.2 Å². The molecule has 0 aliphatic rings. The summed E-state index contributed by atoms with van der Waals surface area (Å²) in [5.41, 5.74) is 0.414. The fourth-order valence-electron chi connectivity index (χ4n) is 2.29. The van der Waals surface area contributed by atoms with Crippen LogP contribution in [0.4, 0.5) is 10.1 Å². The Morgan fingerprint density at radius 2 is 1.96 bits per heavy atom. The normalized spacial score (nSPS) is 11.2. The van der Waals surface area contributed by atoms with E-state index in [0.29, 0.717) is 6.54 Å². The first kappa shape index (κ1) is 20.2. The predicted octanol–water partition coefficient (Wildman–Crippen LogP) is 4.15. The number of unbranched alkanes of at least 4 members (excludes halogenated alkanes) is 1. The van der Waals surface area contributed by atoms with Crippen molar-refractivity contribution >= 4 is 33.2 Å². The van der Waals surface area contributed by atoms with Gasteiger partial charge in [-0.25, -0.2) is 12.8 Å². The van der Waals surface area contributed by atoms with E-state index in [9.17, 15) is 17.6 Å². The molecule has 1 amide bonds. The highest BCUT2D eigenvalue weighted by Gasteiger charge is 2.18. The lowest BCUT2D eigenvalue weighted by molar-refractivity contribution is 0.0793. The minimum absolute atomic E-state index is 0.0623. The van der Waals surface area contributed by atoms with Gasteiger partial charge < -0.3 is 4.90 Å². The van der Waals surface area contributed by atoms with Gasteiger partial charge in [0.05, 0.1) is 15.6 Å². The predicted molar refractivity (Wildman–Crippen MR) is 101 cm³/mol. The second-order valence-electron chi connectivity index (χ2n) is 5.84. The Hall–Kier alpha value is -2.12. The molecule has 0 spiro atoms. The number of rotatable bonds is 7. The first-order valence-corrected chi connectivity index (χ1v) is 9.94. The first-order valence-electron chi connectivity index (χ1n) is 8.08. The van der Waals surface area contributed by atoms with Gasteiger partial charge in [-0.05, 0) is 42.8 Å². The molecule has 0 bridgehead atoms. The molecule has 26 heavy (non-hydrogen) atoms. The molecule has 0 unspecified atom stereocenters. The van der Waals surface area contributed by atoms with Crippen LogP contribution in [0.5, 0.6) is 0 Å². The van der Waals surface area contributed by atoms with E-state index in [2.05, 4.69) is 4.72 Å². The van der Waals surface area contributed by atoms with Gasteiger partial charge in [-0.2, -0.15) is 0 Å². The molecular formula is C18H20ClFN2O3S. The number of sulfonamides is 1. The fourth-order valence-corrected chi connectivity index (χ4v) is 3.56. The number of amides is 1. The molecule has 140 valence electrons. The maximum Gasteiger partial charge on any atom is 0.261 e. The number of carbonyl (C=O) groups excluding carboxylic acids is 1. The van der Waals surface area contributed by atoms with Crippen LogP contribution in [-0.4, -0.2) is 32.8 Å². The van der Waals surface area contributed by atoms with Gasteiger partial charge in [-0.3, -0.25) is 9.52 Å². The van der Waals surface area contributed by atoms with E-state index in [1.165, 1.54) is 30.3 Å². The van der Waals surface area contributed by atoms with Crippen LogP contribution in [0.2, 0.25) is 5.02 Å². The third-order valence-electron chi connectivity index (χ3n) is 3.76. The first-order chi connectivity index (χ1) is 12.2. The maximum atomic E-state index is 13.2. The number of halogens is 2. The van der Waals surface area contributed by atoms with Crippen molar-refractivity contribution < 1.29 is 17.6 Å². The van der Waals surface area contributed by atoms with Gasteiger partial charge in [-0.1, -0.05) is 31.0 Å². The van der Waals surface area contributed by atoms with E-state index in [0.717, 1.165) is 18.9 Å². The van der Waals surface area contributed by atoms with Crippen LogP contribution in [-0.2, 0) is 10.0 Å². The van der Waals surface area contributed by atoms with Crippen LogP contribution in [0.15, 0.2) is 47.4 Å². The quantitative estimate of drug-likeness (QED) is 0.761. The second kappa shape index (κ2) is 8.51. The van der Waals surface area contributed by atoms with Crippen LogP contribution < -0.4 is 4.72 Å². The van der Waals surface area contributed by atoms with Crippen LogP contribution >= 0.6 is 11.6 Å². The molecule has 8 heteroatoms. The molecule has 0 radical (unpaired) electrons. The lowest BCUT2D eigenvalue weighted by atomic mass is 10.2. The van der Waals surface area contributed by atoms with Crippen molar-refractivity contribution in [1.82, 2.24) is 4.90 Å². The van der Waals surface area contributed by atoms with Crippen molar-refractivity contribution in [1.29, 1.82) is 0 Å². The fraction of sp³-hybridized carbons (Fsp3) is 0.278. The number of carbonyl (C=O) groups is 1. The van der Waals surface area contributed by atoms with Crippen LogP contribution in [0.1, 0.15) is 30.1 Å². The molecule has 0 heterocycles. The average molecular weight is 399 g/mol. The molecule has 0 aliphatic heterocycles. The third-order valence-corrected chi connectivity index (χ3v) is 5.43. The van der Waals surface area contributed by atoms with Gasteiger partial charge in [0.1, 0.15) is 5.82 Å². The molecule has 5 nitrogen and oxygen atoms in total. The molecule has 0 aliphatic carbocycles. The minimum Gasteiger partial charge on any atom is -0.342 e. The molecule has 0 fully saturated rings. The van der Waals surface area contributed by atoms with Crippen molar-refractivity contribution in [3.05, 3.63) is 58.9 Å². The number of hydrogen-bond donors (Lipinski definition) is 1. The largest absolute Gasteiger partial charge is 0.342 e. The Bertz CT molecular complexity index is 903. The highest BCUT2D eigenvalue weighted by atomic mass is 35.5. The number of benzene rings is 2. The number of nitrogens with one attached hydrogen (secondary N) is 1. The van der Waals surface area contributed by atoms with E-state index in [1.807, 2.05) is 6.92 Å². The SMILES string of the molecule is CCCCN(C)C(=O)c1cccc(S(=O)(=O)Nc2ccc(F)c(Cl)c2)c1. The molecule has 2 aromatic rings. The highest BCUT2D eigenvalue weighted by Crippen LogP contribution is 2.22. The van der Waals surface area contributed by atoms with Crippen molar-refractivity contribution in [3.63, 3.8) is 0 Å². The van der Waals surface area contributed by atoms with Gasteiger partial charge in [-0.15, -0.1) is 0 Å². The molecule has 2 aromatic carbocycles. The summed E-state index contributed by atoms with van der Waals surface area (Å²) in [4.78, 5) is 13.9.